The molecule has 0 aliphatic heterocycles. The van der Waals surface area contributed by atoms with Crippen LogP contribution in [0.4, 0.5) is 0 Å². The van der Waals surface area contributed by atoms with Crippen molar-refractivity contribution in [2.75, 3.05) is 18.6 Å². The second kappa shape index (κ2) is 6.56. The summed E-state index contributed by atoms with van der Waals surface area (Å²) in [5.41, 5.74) is 2.24. The van der Waals surface area contributed by atoms with Crippen molar-refractivity contribution in [3.05, 3.63) is 28.8 Å². The summed E-state index contributed by atoms with van der Waals surface area (Å²) in [6, 6.07) is 3.33. The van der Waals surface area contributed by atoms with E-state index in [4.69, 9.17) is 0 Å². The van der Waals surface area contributed by atoms with Crippen molar-refractivity contribution in [2.45, 2.75) is 25.3 Å². The molecular formula is C12H19NO3S2. The van der Waals surface area contributed by atoms with Crippen LogP contribution in [0.3, 0.4) is 0 Å². The lowest BCUT2D eigenvalue weighted by Crippen LogP contribution is -2.26. The maximum atomic E-state index is 12.1. The van der Waals surface area contributed by atoms with Gasteiger partial charge in [0.1, 0.15) is 0 Å². The van der Waals surface area contributed by atoms with E-state index < -0.39 is 10.0 Å². The molecule has 1 aromatic carbocycles. The number of thioether (sulfide) groups is 1. The Morgan fingerprint density at radius 1 is 1.28 bits per heavy atom. The zero-order chi connectivity index (χ0) is 13.8. The third-order valence-electron chi connectivity index (χ3n) is 2.69. The van der Waals surface area contributed by atoms with Gasteiger partial charge in [0.25, 0.3) is 0 Å². The lowest BCUT2D eigenvalue weighted by Gasteiger charge is -2.12. The Hall–Kier alpha value is -0.560. The smallest absolute Gasteiger partial charge is 0.240 e. The number of hydrogen-bond acceptors (Lipinski definition) is 4. The third-order valence-corrected chi connectivity index (χ3v) is 4.91. The monoisotopic (exact) mass is 289 g/mol. The maximum absolute atomic E-state index is 12.1. The lowest BCUT2D eigenvalue weighted by atomic mass is 10.1. The molecule has 2 N–H and O–H groups in total. The molecule has 0 radical (unpaired) electrons. The minimum atomic E-state index is -3.49. The maximum Gasteiger partial charge on any atom is 0.240 e. The van der Waals surface area contributed by atoms with Crippen LogP contribution in [0.2, 0.25) is 0 Å². The van der Waals surface area contributed by atoms with Crippen molar-refractivity contribution in [1.82, 2.24) is 4.72 Å². The van der Waals surface area contributed by atoms with Crippen molar-refractivity contribution in [3.63, 3.8) is 0 Å². The van der Waals surface area contributed by atoms with Crippen molar-refractivity contribution in [3.8, 4) is 0 Å². The van der Waals surface area contributed by atoms with E-state index in [0.29, 0.717) is 17.7 Å². The molecule has 0 fully saturated rings. The van der Waals surface area contributed by atoms with Crippen LogP contribution in [-0.2, 0) is 16.6 Å². The Morgan fingerprint density at radius 3 is 2.50 bits per heavy atom. The largest absolute Gasteiger partial charge is 0.392 e. The van der Waals surface area contributed by atoms with Gasteiger partial charge in [0.15, 0.2) is 0 Å². The molecule has 1 rings (SSSR count). The van der Waals surface area contributed by atoms with Gasteiger partial charge in [-0.05, 0) is 42.9 Å². The second-order valence-corrected chi connectivity index (χ2v) is 6.81. The van der Waals surface area contributed by atoms with Gasteiger partial charge in [0.05, 0.1) is 11.5 Å². The zero-order valence-corrected chi connectivity index (χ0v) is 12.5. The molecule has 18 heavy (non-hydrogen) atoms. The third kappa shape index (κ3) is 3.71. The standard InChI is InChI=1S/C12H19NO3S2/c1-9-6-10(2)12(7-11(9)8-14)18(15,16)13-4-5-17-3/h6-7,13-14H,4-5,8H2,1-3H3. The molecule has 0 saturated heterocycles. The Bertz CT molecular complexity index is 512. The highest BCUT2D eigenvalue weighted by molar-refractivity contribution is 7.98. The highest BCUT2D eigenvalue weighted by atomic mass is 32.2. The van der Waals surface area contributed by atoms with E-state index >= 15 is 0 Å². The SMILES string of the molecule is CSCCNS(=O)(=O)c1cc(CO)c(C)cc1C. The van der Waals surface area contributed by atoms with Crippen molar-refractivity contribution < 1.29 is 13.5 Å². The summed E-state index contributed by atoms with van der Waals surface area (Å²) < 4.78 is 26.8. The first-order valence-electron chi connectivity index (χ1n) is 5.62. The molecule has 0 aromatic heterocycles. The van der Waals surface area contributed by atoms with E-state index in [1.165, 1.54) is 0 Å². The minimum absolute atomic E-state index is 0.153. The number of hydrogen-bond donors (Lipinski definition) is 2. The van der Waals surface area contributed by atoms with Crippen LogP contribution < -0.4 is 4.72 Å². The van der Waals surface area contributed by atoms with E-state index in [-0.39, 0.29) is 11.5 Å². The van der Waals surface area contributed by atoms with E-state index in [1.54, 1.807) is 30.8 Å². The van der Waals surface area contributed by atoms with Gasteiger partial charge in [-0.2, -0.15) is 11.8 Å². The number of rotatable bonds is 6. The normalized spacial score (nSPS) is 11.8. The molecule has 0 saturated carbocycles. The number of sulfonamides is 1. The molecule has 0 bridgehead atoms. The summed E-state index contributed by atoms with van der Waals surface area (Å²) in [6.45, 7) is 3.87. The molecule has 0 spiro atoms. The number of aryl methyl sites for hydroxylation is 2. The minimum Gasteiger partial charge on any atom is -0.392 e. The van der Waals surface area contributed by atoms with Gasteiger partial charge in [0.2, 0.25) is 10.0 Å². The van der Waals surface area contributed by atoms with Crippen LogP contribution >= 0.6 is 11.8 Å². The van der Waals surface area contributed by atoms with Gasteiger partial charge < -0.3 is 5.11 Å². The first kappa shape index (κ1) is 15.5. The van der Waals surface area contributed by atoms with E-state index in [1.807, 2.05) is 13.2 Å². The van der Waals surface area contributed by atoms with Crippen LogP contribution in [0, 0.1) is 13.8 Å². The topological polar surface area (TPSA) is 66.4 Å². The average Bonchev–Trinajstić information content (AvgIpc) is 2.29. The molecule has 102 valence electrons. The van der Waals surface area contributed by atoms with Gasteiger partial charge >= 0.3 is 0 Å². The quantitative estimate of drug-likeness (QED) is 0.778. The van der Waals surface area contributed by atoms with Gasteiger partial charge in [0, 0.05) is 12.3 Å². The molecule has 0 aliphatic carbocycles. The zero-order valence-electron chi connectivity index (χ0n) is 10.9. The Kier molecular flexibility index (Phi) is 5.65. The molecule has 0 aliphatic rings. The fourth-order valence-electron chi connectivity index (χ4n) is 1.69. The molecule has 0 amide bonds. The first-order chi connectivity index (χ1) is 8.42. The summed E-state index contributed by atoms with van der Waals surface area (Å²) in [5, 5.41) is 9.20. The summed E-state index contributed by atoms with van der Waals surface area (Å²) in [6.07, 6.45) is 1.93. The van der Waals surface area contributed by atoms with Crippen LogP contribution in [-0.4, -0.2) is 32.1 Å². The molecule has 0 heterocycles. The van der Waals surface area contributed by atoms with Gasteiger partial charge in [-0.1, -0.05) is 6.07 Å². The Balaban J connectivity index is 3.08. The van der Waals surface area contributed by atoms with Gasteiger partial charge in [-0.15, -0.1) is 0 Å². The fourth-order valence-corrected chi connectivity index (χ4v) is 3.43. The second-order valence-electron chi connectivity index (χ2n) is 4.09. The van der Waals surface area contributed by atoms with Gasteiger partial charge in [-0.25, -0.2) is 13.1 Å². The first-order valence-corrected chi connectivity index (χ1v) is 8.49. The molecule has 6 heteroatoms. The van der Waals surface area contributed by atoms with E-state index in [9.17, 15) is 13.5 Å². The summed E-state index contributed by atoms with van der Waals surface area (Å²) in [7, 11) is -3.49. The highest BCUT2D eigenvalue weighted by Crippen LogP contribution is 2.20. The highest BCUT2D eigenvalue weighted by Gasteiger charge is 2.17. The fraction of sp³-hybridized carbons (Fsp3) is 0.500. The van der Waals surface area contributed by atoms with Gasteiger partial charge in [-0.3, -0.25) is 0 Å². The number of benzene rings is 1. The van der Waals surface area contributed by atoms with Crippen molar-refractivity contribution in [1.29, 1.82) is 0 Å². The summed E-state index contributed by atoms with van der Waals surface area (Å²) in [4.78, 5) is 0.248. The van der Waals surface area contributed by atoms with Crippen LogP contribution in [0.25, 0.3) is 0 Å². The summed E-state index contributed by atoms with van der Waals surface area (Å²) >= 11 is 1.58. The molecule has 0 unspecified atom stereocenters. The Labute approximate surface area is 113 Å². The number of nitrogens with one attached hydrogen (secondary N) is 1. The van der Waals surface area contributed by atoms with Crippen LogP contribution in [0.5, 0.6) is 0 Å². The summed E-state index contributed by atoms with van der Waals surface area (Å²) in [5.74, 6) is 0.733. The molecule has 4 nitrogen and oxygen atoms in total. The molecule has 0 atom stereocenters. The molecular weight excluding hydrogens is 270 g/mol. The number of aliphatic hydroxyl groups is 1. The van der Waals surface area contributed by atoms with Crippen molar-refractivity contribution >= 4 is 21.8 Å². The predicted octanol–water partition coefficient (Wildman–Crippen LogP) is 1.44. The predicted molar refractivity (Wildman–Crippen MR) is 75.4 cm³/mol. The van der Waals surface area contributed by atoms with Crippen LogP contribution in [0.1, 0.15) is 16.7 Å². The lowest BCUT2D eigenvalue weighted by molar-refractivity contribution is 0.280. The van der Waals surface area contributed by atoms with E-state index in [2.05, 4.69) is 4.72 Å². The molecule has 1 aromatic rings. The number of aliphatic hydroxyl groups excluding tert-OH is 1. The van der Waals surface area contributed by atoms with Crippen molar-refractivity contribution in [2.24, 2.45) is 0 Å². The average molecular weight is 289 g/mol. The van der Waals surface area contributed by atoms with Crippen LogP contribution in [0.15, 0.2) is 17.0 Å². The van der Waals surface area contributed by atoms with E-state index in [0.717, 1.165) is 11.3 Å². The Morgan fingerprint density at radius 2 is 1.94 bits per heavy atom.